The third-order valence-corrected chi connectivity index (χ3v) is 1.78. The van der Waals surface area contributed by atoms with Crippen LogP contribution in [0.25, 0.3) is 0 Å². The zero-order valence-corrected chi connectivity index (χ0v) is 5.97. The maximum atomic E-state index is 5.39. The Morgan fingerprint density at radius 1 is 1.67 bits per heavy atom. The molecule has 0 saturated heterocycles. The molecule has 0 aromatic heterocycles. The fraction of sp³-hybridized carbons (Fsp3) is 1.00. The highest BCUT2D eigenvalue weighted by molar-refractivity contribution is 4.78. The van der Waals surface area contributed by atoms with Gasteiger partial charge in [-0.2, -0.15) is 0 Å². The van der Waals surface area contributed by atoms with Crippen LogP contribution in [0.1, 0.15) is 19.8 Å². The molecule has 0 amide bonds. The van der Waals surface area contributed by atoms with Gasteiger partial charge in [0.05, 0.1) is 12.7 Å². The Labute approximate surface area is 56.4 Å². The van der Waals surface area contributed by atoms with Gasteiger partial charge >= 0.3 is 0 Å². The molecule has 1 atom stereocenters. The van der Waals surface area contributed by atoms with Crippen LogP contribution in [-0.4, -0.2) is 19.3 Å². The number of rotatable bonds is 4. The first kappa shape index (κ1) is 7.03. The largest absolute Gasteiger partial charge is 0.377 e. The summed E-state index contributed by atoms with van der Waals surface area (Å²) in [6.07, 6.45) is 3.16. The molecule has 0 aliphatic heterocycles. The van der Waals surface area contributed by atoms with Crippen molar-refractivity contribution in [2.75, 3.05) is 13.2 Å². The molecule has 2 heteroatoms. The first-order chi connectivity index (χ1) is 4.34. The van der Waals surface area contributed by atoms with Gasteiger partial charge in [-0.3, -0.25) is 0 Å². The van der Waals surface area contributed by atoms with Gasteiger partial charge in [0.1, 0.15) is 0 Å². The van der Waals surface area contributed by atoms with Crippen molar-refractivity contribution in [2.45, 2.75) is 25.9 Å². The minimum Gasteiger partial charge on any atom is -0.377 e. The maximum absolute atomic E-state index is 5.39. The summed E-state index contributed by atoms with van der Waals surface area (Å²) in [5, 5.41) is 0. The Morgan fingerprint density at radius 3 is 2.78 bits per heavy atom. The highest BCUT2D eigenvalue weighted by Crippen LogP contribution is 2.33. The molecule has 1 fully saturated rings. The van der Waals surface area contributed by atoms with E-state index in [9.17, 15) is 0 Å². The summed E-state index contributed by atoms with van der Waals surface area (Å²) in [7, 11) is 0. The number of hydrogen-bond donors (Lipinski definition) is 1. The summed E-state index contributed by atoms with van der Waals surface area (Å²) in [5.41, 5.74) is 5.27. The average molecular weight is 129 g/mol. The van der Waals surface area contributed by atoms with Crippen molar-refractivity contribution < 1.29 is 4.74 Å². The van der Waals surface area contributed by atoms with Crippen LogP contribution in [0.2, 0.25) is 0 Å². The molecule has 2 N–H and O–H groups in total. The van der Waals surface area contributed by atoms with E-state index in [1.807, 2.05) is 0 Å². The number of ether oxygens (including phenoxy) is 1. The fourth-order valence-electron chi connectivity index (χ4n) is 0.956. The smallest absolute Gasteiger partial charge is 0.0592 e. The molecule has 1 rings (SSSR count). The lowest BCUT2D eigenvalue weighted by atomic mass is 10.3. The molecule has 2 nitrogen and oxygen atoms in total. The Morgan fingerprint density at radius 2 is 2.33 bits per heavy atom. The van der Waals surface area contributed by atoms with E-state index in [0.717, 1.165) is 12.5 Å². The Balaban J connectivity index is 1.96. The predicted octanol–water partition coefficient (Wildman–Crippen LogP) is 0.760. The van der Waals surface area contributed by atoms with Crippen molar-refractivity contribution in [2.24, 2.45) is 11.7 Å². The summed E-state index contributed by atoms with van der Waals surface area (Å²) < 4.78 is 5.39. The molecule has 0 heterocycles. The molecule has 0 aromatic carbocycles. The Bertz CT molecular complexity index is 81.0. The van der Waals surface area contributed by atoms with E-state index in [0.29, 0.717) is 12.6 Å². The average Bonchev–Trinajstić information content (AvgIpc) is 2.63. The minimum atomic E-state index is 0.452. The first-order valence-electron chi connectivity index (χ1n) is 3.66. The molecule has 0 aromatic rings. The van der Waals surface area contributed by atoms with Gasteiger partial charge in [0, 0.05) is 6.54 Å². The minimum absolute atomic E-state index is 0.452. The molecule has 1 saturated carbocycles. The van der Waals surface area contributed by atoms with Crippen LogP contribution < -0.4 is 5.73 Å². The zero-order chi connectivity index (χ0) is 6.69. The first-order valence-corrected chi connectivity index (χ1v) is 3.66. The van der Waals surface area contributed by atoms with E-state index in [1.165, 1.54) is 12.8 Å². The van der Waals surface area contributed by atoms with Crippen LogP contribution in [0.3, 0.4) is 0 Å². The topological polar surface area (TPSA) is 35.2 Å². The van der Waals surface area contributed by atoms with Crippen LogP contribution in [-0.2, 0) is 4.74 Å². The van der Waals surface area contributed by atoms with Crippen LogP contribution in [0.5, 0.6) is 0 Å². The van der Waals surface area contributed by atoms with Crippen molar-refractivity contribution in [3.63, 3.8) is 0 Å². The number of hydrogen-bond acceptors (Lipinski definition) is 2. The molecule has 1 aliphatic carbocycles. The van der Waals surface area contributed by atoms with Crippen LogP contribution in [0.15, 0.2) is 0 Å². The monoisotopic (exact) mass is 129 g/mol. The molecular formula is C7H15NO. The highest BCUT2D eigenvalue weighted by atomic mass is 16.5. The van der Waals surface area contributed by atoms with E-state index < -0.39 is 0 Å². The van der Waals surface area contributed by atoms with E-state index in [2.05, 4.69) is 6.92 Å². The van der Waals surface area contributed by atoms with Gasteiger partial charge in [0.2, 0.25) is 0 Å². The van der Waals surface area contributed by atoms with Crippen LogP contribution in [0.4, 0.5) is 0 Å². The lowest BCUT2D eigenvalue weighted by Crippen LogP contribution is -2.16. The Kier molecular flexibility index (Phi) is 2.49. The summed E-state index contributed by atoms with van der Waals surface area (Å²) in [6.45, 7) is 3.50. The second kappa shape index (κ2) is 3.18. The van der Waals surface area contributed by atoms with Crippen molar-refractivity contribution in [3.05, 3.63) is 0 Å². The lowest BCUT2D eigenvalue weighted by molar-refractivity contribution is 0.0568. The molecular weight excluding hydrogens is 114 g/mol. The molecule has 0 bridgehead atoms. The van der Waals surface area contributed by atoms with Crippen molar-refractivity contribution >= 4 is 0 Å². The SMILES string of the molecule is C[C@@H](OCCN)C1CC1. The van der Waals surface area contributed by atoms with Crippen LogP contribution in [0, 0.1) is 5.92 Å². The van der Waals surface area contributed by atoms with Gasteiger partial charge in [-0.25, -0.2) is 0 Å². The van der Waals surface area contributed by atoms with Gasteiger partial charge in [0.25, 0.3) is 0 Å². The highest BCUT2D eigenvalue weighted by Gasteiger charge is 2.28. The zero-order valence-electron chi connectivity index (χ0n) is 5.97. The van der Waals surface area contributed by atoms with Crippen LogP contribution >= 0.6 is 0 Å². The van der Waals surface area contributed by atoms with Gasteiger partial charge in [0.15, 0.2) is 0 Å². The van der Waals surface area contributed by atoms with Crippen molar-refractivity contribution in [1.82, 2.24) is 0 Å². The van der Waals surface area contributed by atoms with Gasteiger partial charge in [-0.1, -0.05) is 0 Å². The molecule has 0 radical (unpaired) electrons. The molecule has 9 heavy (non-hydrogen) atoms. The molecule has 0 spiro atoms. The predicted molar refractivity (Wildman–Crippen MR) is 37.2 cm³/mol. The normalized spacial score (nSPS) is 22.0. The summed E-state index contributed by atoms with van der Waals surface area (Å²) in [6, 6.07) is 0. The van der Waals surface area contributed by atoms with Gasteiger partial charge in [-0.15, -0.1) is 0 Å². The molecule has 54 valence electrons. The van der Waals surface area contributed by atoms with Crippen molar-refractivity contribution in [3.8, 4) is 0 Å². The second-order valence-corrected chi connectivity index (χ2v) is 2.70. The van der Waals surface area contributed by atoms with E-state index in [4.69, 9.17) is 10.5 Å². The van der Waals surface area contributed by atoms with E-state index >= 15 is 0 Å². The molecule has 1 aliphatic rings. The van der Waals surface area contributed by atoms with Crippen molar-refractivity contribution in [1.29, 1.82) is 0 Å². The standard InChI is InChI=1S/C7H15NO/c1-6(7-2-3-7)9-5-4-8/h6-7H,2-5,8H2,1H3/t6-/m1/s1. The molecule has 0 unspecified atom stereocenters. The quantitative estimate of drug-likeness (QED) is 0.608. The summed E-state index contributed by atoms with van der Waals surface area (Å²) >= 11 is 0. The maximum Gasteiger partial charge on any atom is 0.0592 e. The summed E-state index contributed by atoms with van der Waals surface area (Å²) in [5.74, 6) is 0.844. The second-order valence-electron chi connectivity index (χ2n) is 2.70. The fourth-order valence-corrected chi connectivity index (χ4v) is 0.956. The van der Waals surface area contributed by atoms with E-state index in [1.54, 1.807) is 0 Å². The number of nitrogens with two attached hydrogens (primary N) is 1. The van der Waals surface area contributed by atoms with Gasteiger partial charge < -0.3 is 10.5 Å². The summed E-state index contributed by atoms with van der Waals surface area (Å²) in [4.78, 5) is 0. The third kappa shape index (κ3) is 2.33. The Hall–Kier alpha value is -0.0800. The third-order valence-electron chi connectivity index (χ3n) is 1.78. The van der Waals surface area contributed by atoms with Gasteiger partial charge in [-0.05, 0) is 25.7 Å². The lowest BCUT2D eigenvalue weighted by Gasteiger charge is -2.09. The van der Waals surface area contributed by atoms with E-state index in [-0.39, 0.29) is 0 Å².